The maximum Gasteiger partial charge on any atom is 0.219 e. The van der Waals surface area contributed by atoms with Crippen molar-refractivity contribution < 1.29 is 9.84 Å². The Morgan fingerprint density at radius 1 is 1.08 bits per heavy atom. The van der Waals surface area contributed by atoms with Gasteiger partial charge in [-0.15, -0.1) is 0 Å². The average Bonchev–Trinajstić information content (AvgIpc) is 3.21. The van der Waals surface area contributed by atoms with E-state index in [1.165, 1.54) is 6.33 Å². The summed E-state index contributed by atoms with van der Waals surface area (Å²) >= 11 is 3.46. The van der Waals surface area contributed by atoms with Gasteiger partial charge in [-0.3, -0.25) is 0 Å². The molecule has 5 nitrogen and oxygen atoms in total. The van der Waals surface area contributed by atoms with Crippen molar-refractivity contribution in [3.8, 4) is 16.9 Å². The molecule has 2 atom stereocenters. The topological polar surface area (TPSA) is 60.2 Å². The summed E-state index contributed by atoms with van der Waals surface area (Å²) in [4.78, 5) is 3.98. The first-order valence-corrected chi connectivity index (χ1v) is 9.54. The molecule has 2 aromatic carbocycles. The van der Waals surface area contributed by atoms with Crippen molar-refractivity contribution in [2.75, 3.05) is 5.33 Å². The molecule has 26 heavy (non-hydrogen) atoms. The second-order valence-corrected chi connectivity index (χ2v) is 7.40. The number of aliphatic hydroxyl groups excluding tert-OH is 1. The minimum absolute atomic E-state index is 0.402. The molecule has 1 N–H and O–H groups in total. The summed E-state index contributed by atoms with van der Waals surface area (Å²) in [6, 6.07) is 18.0. The maximum absolute atomic E-state index is 10.9. The zero-order chi connectivity index (χ0) is 18.6. The molecule has 0 spiro atoms. The highest BCUT2D eigenvalue weighted by molar-refractivity contribution is 9.09. The number of aromatic nitrogens is 3. The van der Waals surface area contributed by atoms with Crippen molar-refractivity contribution in [1.82, 2.24) is 14.8 Å². The van der Waals surface area contributed by atoms with Gasteiger partial charge in [0, 0.05) is 10.7 Å². The number of ether oxygens (including phenoxy) is 1. The SMILES string of the molecule is CC(C)(CBr)C(O)C(Oc1ccc(-c2ccccc2)cc1)n1cncn1. The Morgan fingerprint density at radius 3 is 2.31 bits per heavy atom. The molecule has 0 saturated heterocycles. The van der Waals surface area contributed by atoms with Gasteiger partial charge < -0.3 is 9.84 Å². The summed E-state index contributed by atoms with van der Waals surface area (Å²) < 4.78 is 7.63. The van der Waals surface area contributed by atoms with Crippen molar-refractivity contribution in [1.29, 1.82) is 0 Å². The van der Waals surface area contributed by atoms with E-state index in [-0.39, 0.29) is 0 Å². The van der Waals surface area contributed by atoms with Crippen molar-refractivity contribution >= 4 is 15.9 Å². The molecule has 0 amide bonds. The third-order valence-electron chi connectivity index (χ3n) is 4.33. The standard InChI is InChI=1S/C20H22BrN3O2/c1-20(2,12-21)18(25)19(24-14-22-13-23-24)26-17-10-8-16(9-11-17)15-6-4-3-5-7-15/h3-11,13-14,18-19,25H,12H2,1-2H3. The quantitative estimate of drug-likeness (QED) is 0.584. The second kappa shape index (κ2) is 8.01. The molecule has 0 aliphatic carbocycles. The third kappa shape index (κ3) is 4.14. The van der Waals surface area contributed by atoms with Gasteiger partial charge in [0.2, 0.25) is 6.23 Å². The Kier molecular flexibility index (Phi) is 5.74. The molecule has 3 aromatic rings. The molecule has 0 bridgehead atoms. The molecule has 2 unspecified atom stereocenters. The van der Waals surface area contributed by atoms with Gasteiger partial charge in [-0.25, -0.2) is 9.67 Å². The number of hydrogen-bond acceptors (Lipinski definition) is 4. The fourth-order valence-electron chi connectivity index (χ4n) is 2.57. The Bertz CT molecular complexity index is 805. The first-order valence-electron chi connectivity index (χ1n) is 8.41. The lowest BCUT2D eigenvalue weighted by molar-refractivity contribution is -0.0710. The number of halogens is 1. The van der Waals surface area contributed by atoms with E-state index in [0.29, 0.717) is 11.1 Å². The van der Waals surface area contributed by atoms with Gasteiger partial charge in [0.25, 0.3) is 0 Å². The van der Waals surface area contributed by atoms with Gasteiger partial charge >= 0.3 is 0 Å². The number of aliphatic hydroxyl groups is 1. The Labute approximate surface area is 161 Å². The van der Waals surface area contributed by atoms with Crippen LogP contribution in [-0.4, -0.2) is 31.3 Å². The van der Waals surface area contributed by atoms with E-state index in [2.05, 4.69) is 38.1 Å². The molecule has 0 saturated carbocycles. The monoisotopic (exact) mass is 415 g/mol. The van der Waals surface area contributed by atoms with Crippen LogP contribution in [-0.2, 0) is 0 Å². The van der Waals surface area contributed by atoms with Crippen LogP contribution < -0.4 is 4.74 Å². The summed E-state index contributed by atoms with van der Waals surface area (Å²) in [5.74, 6) is 0.662. The summed E-state index contributed by atoms with van der Waals surface area (Å²) in [5.41, 5.74) is 1.85. The normalized spacial score (nSPS) is 14.0. The Morgan fingerprint density at radius 2 is 1.73 bits per heavy atom. The van der Waals surface area contributed by atoms with Crippen LogP contribution in [0.1, 0.15) is 20.1 Å². The summed E-state index contributed by atoms with van der Waals surface area (Å²) in [6.45, 7) is 3.94. The van der Waals surface area contributed by atoms with Crippen molar-refractivity contribution in [2.24, 2.45) is 5.41 Å². The Balaban J connectivity index is 1.83. The van der Waals surface area contributed by atoms with Gasteiger partial charge in [-0.1, -0.05) is 72.2 Å². The predicted molar refractivity (Wildman–Crippen MR) is 105 cm³/mol. The van der Waals surface area contributed by atoms with Crippen LogP contribution in [0.5, 0.6) is 5.75 Å². The van der Waals surface area contributed by atoms with Crippen LogP contribution >= 0.6 is 15.9 Å². The predicted octanol–water partition coefficient (Wildman–Crippen LogP) is 4.30. The summed E-state index contributed by atoms with van der Waals surface area (Å²) in [5, 5.41) is 15.6. The first-order chi connectivity index (χ1) is 12.5. The molecule has 0 radical (unpaired) electrons. The van der Waals surface area contributed by atoms with Gasteiger partial charge in [-0.05, 0) is 23.3 Å². The fourth-order valence-corrected chi connectivity index (χ4v) is 2.90. The highest BCUT2D eigenvalue weighted by Gasteiger charge is 2.36. The van der Waals surface area contributed by atoms with Crippen LogP contribution in [0.2, 0.25) is 0 Å². The molecule has 1 heterocycles. The van der Waals surface area contributed by atoms with Crippen molar-refractivity contribution in [3.63, 3.8) is 0 Å². The molecule has 0 fully saturated rings. The summed E-state index contributed by atoms with van der Waals surface area (Å²) in [6.07, 6.45) is 1.53. The van der Waals surface area contributed by atoms with Crippen LogP contribution in [0.15, 0.2) is 67.3 Å². The molecule has 1 aromatic heterocycles. The zero-order valence-corrected chi connectivity index (χ0v) is 16.4. The van der Waals surface area contributed by atoms with E-state index in [1.807, 2.05) is 56.3 Å². The molecular formula is C20H22BrN3O2. The Hall–Kier alpha value is -2.18. The highest BCUT2D eigenvalue weighted by atomic mass is 79.9. The van der Waals surface area contributed by atoms with Crippen LogP contribution in [0.25, 0.3) is 11.1 Å². The van der Waals surface area contributed by atoms with E-state index >= 15 is 0 Å². The van der Waals surface area contributed by atoms with Crippen LogP contribution in [0.3, 0.4) is 0 Å². The van der Waals surface area contributed by atoms with Crippen LogP contribution in [0.4, 0.5) is 0 Å². The molecule has 0 aliphatic rings. The maximum atomic E-state index is 10.9. The second-order valence-electron chi connectivity index (χ2n) is 6.84. The average molecular weight is 416 g/mol. The third-order valence-corrected chi connectivity index (χ3v) is 5.78. The minimum Gasteiger partial charge on any atom is -0.466 e. The van der Waals surface area contributed by atoms with E-state index in [9.17, 15) is 5.11 Å². The summed E-state index contributed by atoms with van der Waals surface area (Å²) in [7, 11) is 0. The van der Waals surface area contributed by atoms with E-state index in [4.69, 9.17) is 4.74 Å². The van der Waals surface area contributed by atoms with Crippen LogP contribution in [0, 0.1) is 5.41 Å². The highest BCUT2D eigenvalue weighted by Crippen LogP contribution is 2.32. The van der Waals surface area contributed by atoms with Crippen molar-refractivity contribution in [2.45, 2.75) is 26.2 Å². The zero-order valence-electron chi connectivity index (χ0n) is 14.8. The smallest absolute Gasteiger partial charge is 0.219 e. The largest absolute Gasteiger partial charge is 0.466 e. The number of benzene rings is 2. The van der Waals surface area contributed by atoms with Gasteiger partial charge in [-0.2, -0.15) is 5.10 Å². The molecule has 6 heteroatoms. The lowest BCUT2D eigenvalue weighted by atomic mass is 9.88. The number of hydrogen-bond donors (Lipinski definition) is 1. The van der Waals surface area contributed by atoms with E-state index < -0.39 is 17.7 Å². The number of rotatable bonds is 7. The number of alkyl halides is 1. The fraction of sp³-hybridized carbons (Fsp3) is 0.300. The molecule has 0 aliphatic heterocycles. The van der Waals surface area contributed by atoms with E-state index in [0.717, 1.165) is 11.1 Å². The van der Waals surface area contributed by atoms with E-state index in [1.54, 1.807) is 11.0 Å². The van der Waals surface area contributed by atoms with Gasteiger partial charge in [0.05, 0.1) is 0 Å². The van der Waals surface area contributed by atoms with Gasteiger partial charge in [0.15, 0.2) is 0 Å². The molecule has 136 valence electrons. The first kappa shape index (κ1) is 18.6. The molecule has 3 rings (SSSR count). The lowest BCUT2D eigenvalue weighted by Gasteiger charge is -2.34. The number of nitrogens with zero attached hydrogens (tertiary/aromatic N) is 3. The lowest BCUT2D eigenvalue weighted by Crippen LogP contribution is -2.41. The minimum atomic E-state index is -0.780. The van der Waals surface area contributed by atoms with Gasteiger partial charge in [0.1, 0.15) is 24.5 Å². The molecular weight excluding hydrogens is 394 g/mol. The van der Waals surface area contributed by atoms with Crippen molar-refractivity contribution in [3.05, 3.63) is 67.3 Å².